The van der Waals surface area contributed by atoms with Gasteiger partial charge in [0.2, 0.25) is 0 Å². The number of para-hydroxylation sites is 1. The molecule has 5 heteroatoms. The first-order valence-electron chi connectivity index (χ1n) is 8.30. The normalized spacial score (nSPS) is 12.2. The van der Waals surface area contributed by atoms with Crippen LogP contribution in [0.3, 0.4) is 0 Å². The molecule has 0 unspecified atom stereocenters. The van der Waals surface area contributed by atoms with Gasteiger partial charge in [0.05, 0.1) is 17.5 Å². The molecule has 126 valence electrons. The highest BCUT2D eigenvalue weighted by Gasteiger charge is 2.26. The molecule has 0 radical (unpaired) electrons. The highest BCUT2D eigenvalue weighted by molar-refractivity contribution is 6.08. The van der Waals surface area contributed by atoms with Crippen LogP contribution in [0.15, 0.2) is 42.7 Å². The lowest BCUT2D eigenvalue weighted by Gasteiger charge is -2.15. The highest BCUT2D eigenvalue weighted by atomic mass is 16.1. The van der Waals surface area contributed by atoms with E-state index in [0.717, 1.165) is 22.3 Å². The van der Waals surface area contributed by atoms with Gasteiger partial charge in [-0.2, -0.15) is 0 Å². The first-order chi connectivity index (χ1) is 11.9. The van der Waals surface area contributed by atoms with Crippen molar-refractivity contribution in [3.63, 3.8) is 0 Å². The molecule has 4 rings (SSSR count). The second kappa shape index (κ2) is 5.28. The zero-order chi connectivity index (χ0) is 17.8. The molecule has 4 aromatic rings. The van der Waals surface area contributed by atoms with Crippen molar-refractivity contribution in [2.24, 2.45) is 12.5 Å². The van der Waals surface area contributed by atoms with Crippen molar-refractivity contribution in [3.8, 4) is 11.4 Å². The predicted octanol–water partition coefficient (Wildman–Crippen LogP) is 4.35. The number of rotatable bonds is 2. The Bertz CT molecular complexity index is 1110. The maximum atomic E-state index is 12.7. The monoisotopic (exact) mass is 332 g/mol. The summed E-state index contributed by atoms with van der Waals surface area (Å²) >= 11 is 0. The third-order valence-corrected chi connectivity index (χ3v) is 4.52. The molecule has 5 nitrogen and oxygen atoms in total. The number of hydrogen-bond acceptors (Lipinski definition) is 3. The second-order valence-electron chi connectivity index (χ2n) is 7.38. The molecule has 0 amide bonds. The number of carbonyl (C=O) groups excluding carboxylic acids is 1. The standard InChI is InChI=1S/C20H20N4O/c1-20(2,3)18(25)13-10-21-19-17(13)23-14(11-22-19)16-9-12-7-5-6-8-15(12)24(16)4/h5-11H,1-4H3,(H,21,22). The molecule has 0 aliphatic heterocycles. The molecule has 0 aliphatic rings. The molecule has 1 N–H and O–H groups in total. The fourth-order valence-corrected chi connectivity index (χ4v) is 3.13. The van der Waals surface area contributed by atoms with Gasteiger partial charge in [0.15, 0.2) is 11.4 Å². The second-order valence-corrected chi connectivity index (χ2v) is 7.38. The molecule has 0 aliphatic carbocycles. The molecule has 0 saturated heterocycles. The summed E-state index contributed by atoms with van der Waals surface area (Å²) in [7, 11) is 2.02. The number of fused-ring (bicyclic) bond motifs is 2. The molecule has 25 heavy (non-hydrogen) atoms. The van der Waals surface area contributed by atoms with E-state index < -0.39 is 5.41 Å². The van der Waals surface area contributed by atoms with Crippen molar-refractivity contribution in [2.75, 3.05) is 0 Å². The Kier molecular flexibility index (Phi) is 3.29. The molecule has 1 aromatic carbocycles. The molecule has 0 fully saturated rings. The van der Waals surface area contributed by atoms with Gasteiger partial charge in [0, 0.05) is 29.6 Å². The van der Waals surface area contributed by atoms with Crippen LogP contribution in [0, 0.1) is 5.41 Å². The largest absolute Gasteiger partial charge is 0.344 e. The molecule has 3 heterocycles. The molecule has 0 spiro atoms. The Labute approximate surface area is 145 Å². The van der Waals surface area contributed by atoms with E-state index >= 15 is 0 Å². The maximum Gasteiger partial charge on any atom is 0.171 e. The lowest BCUT2D eigenvalue weighted by molar-refractivity contribution is 0.0860. The number of aryl methyl sites for hydroxylation is 1. The van der Waals surface area contributed by atoms with Gasteiger partial charge < -0.3 is 9.55 Å². The van der Waals surface area contributed by atoms with Gasteiger partial charge in [-0.1, -0.05) is 39.0 Å². The van der Waals surface area contributed by atoms with Crippen molar-refractivity contribution in [1.82, 2.24) is 19.5 Å². The van der Waals surface area contributed by atoms with E-state index in [1.54, 1.807) is 12.4 Å². The van der Waals surface area contributed by atoms with Crippen LogP contribution in [0.25, 0.3) is 33.5 Å². The van der Waals surface area contributed by atoms with Crippen LogP contribution in [0.5, 0.6) is 0 Å². The number of nitrogens with zero attached hydrogens (tertiary/aromatic N) is 3. The third kappa shape index (κ3) is 2.43. The lowest BCUT2D eigenvalue weighted by atomic mass is 9.87. The number of hydrogen-bond donors (Lipinski definition) is 1. The minimum absolute atomic E-state index is 0.0576. The topological polar surface area (TPSA) is 63.6 Å². The van der Waals surface area contributed by atoms with Crippen molar-refractivity contribution < 1.29 is 4.79 Å². The quantitative estimate of drug-likeness (QED) is 0.555. The van der Waals surface area contributed by atoms with Gasteiger partial charge in [-0.3, -0.25) is 4.79 Å². The summed E-state index contributed by atoms with van der Waals surface area (Å²) in [4.78, 5) is 25.0. The molecule has 0 bridgehead atoms. The van der Waals surface area contributed by atoms with Crippen LogP contribution in [-0.4, -0.2) is 25.3 Å². The first kappa shape index (κ1) is 15.6. The summed E-state index contributed by atoms with van der Waals surface area (Å²) in [5.41, 5.74) is 4.26. The zero-order valence-corrected chi connectivity index (χ0v) is 14.8. The minimum atomic E-state index is -0.466. The Balaban J connectivity index is 1.91. The molecular formula is C20H20N4O. The summed E-state index contributed by atoms with van der Waals surface area (Å²) < 4.78 is 2.10. The smallest absolute Gasteiger partial charge is 0.171 e. The van der Waals surface area contributed by atoms with E-state index in [1.807, 2.05) is 40.0 Å². The summed E-state index contributed by atoms with van der Waals surface area (Å²) in [5, 5.41) is 1.15. The van der Waals surface area contributed by atoms with E-state index in [2.05, 4.69) is 32.7 Å². The van der Waals surface area contributed by atoms with Crippen LogP contribution in [0.4, 0.5) is 0 Å². The lowest BCUT2D eigenvalue weighted by Crippen LogP contribution is -2.20. The minimum Gasteiger partial charge on any atom is -0.344 e. The number of H-pyrrole nitrogens is 1. The van der Waals surface area contributed by atoms with Crippen LogP contribution >= 0.6 is 0 Å². The van der Waals surface area contributed by atoms with Gasteiger partial charge in [-0.15, -0.1) is 0 Å². The fraction of sp³-hybridized carbons (Fsp3) is 0.250. The Morgan fingerprint density at radius 1 is 1.20 bits per heavy atom. The third-order valence-electron chi connectivity index (χ3n) is 4.52. The number of aromatic nitrogens is 4. The predicted molar refractivity (Wildman–Crippen MR) is 99.6 cm³/mol. The Morgan fingerprint density at radius 2 is 1.96 bits per heavy atom. The number of benzene rings is 1. The molecular weight excluding hydrogens is 312 g/mol. The van der Waals surface area contributed by atoms with E-state index in [9.17, 15) is 4.79 Å². The average molecular weight is 332 g/mol. The van der Waals surface area contributed by atoms with Gasteiger partial charge >= 0.3 is 0 Å². The fourth-order valence-electron chi connectivity index (χ4n) is 3.13. The summed E-state index contributed by atoms with van der Waals surface area (Å²) in [6.07, 6.45) is 3.46. The zero-order valence-electron chi connectivity index (χ0n) is 14.8. The Hall–Kier alpha value is -2.95. The van der Waals surface area contributed by atoms with E-state index in [4.69, 9.17) is 4.98 Å². The van der Waals surface area contributed by atoms with Crippen LogP contribution < -0.4 is 0 Å². The number of Topliss-reactive ketones (excluding diaryl/α,β-unsaturated/α-hetero) is 1. The van der Waals surface area contributed by atoms with Crippen molar-refractivity contribution in [3.05, 3.63) is 48.3 Å². The van der Waals surface area contributed by atoms with E-state index in [-0.39, 0.29) is 5.78 Å². The van der Waals surface area contributed by atoms with Gasteiger partial charge in [0.1, 0.15) is 11.2 Å². The molecule has 0 saturated carbocycles. The first-order valence-corrected chi connectivity index (χ1v) is 8.30. The maximum absolute atomic E-state index is 12.7. The van der Waals surface area contributed by atoms with Crippen LogP contribution in [-0.2, 0) is 7.05 Å². The van der Waals surface area contributed by atoms with Gasteiger partial charge in [0.25, 0.3) is 0 Å². The number of carbonyl (C=O) groups is 1. The van der Waals surface area contributed by atoms with Gasteiger partial charge in [-0.05, 0) is 12.1 Å². The SMILES string of the molecule is Cn1c(-c2cnc3[nH]cc(C(=O)C(C)(C)C)c3n2)cc2ccccc21. The van der Waals surface area contributed by atoms with Crippen molar-refractivity contribution in [1.29, 1.82) is 0 Å². The van der Waals surface area contributed by atoms with Gasteiger partial charge in [-0.25, -0.2) is 9.97 Å². The highest BCUT2D eigenvalue weighted by Crippen LogP contribution is 2.29. The molecule has 0 atom stereocenters. The average Bonchev–Trinajstić information content (AvgIpc) is 3.14. The Morgan fingerprint density at radius 3 is 2.68 bits per heavy atom. The van der Waals surface area contributed by atoms with Crippen LogP contribution in [0.2, 0.25) is 0 Å². The van der Waals surface area contributed by atoms with Crippen molar-refractivity contribution in [2.45, 2.75) is 20.8 Å². The van der Waals surface area contributed by atoms with Crippen molar-refractivity contribution >= 4 is 27.9 Å². The summed E-state index contributed by atoms with van der Waals surface area (Å²) in [6, 6.07) is 10.3. The van der Waals surface area contributed by atoms with E-state index in [0.29, 0.717) is 16.7 Å². The number of nitrogens with one attached hydrogen (secondary N) is 1. The summed E-state index contributed by atoms with van der Waals surface area (Å²) in [6.45, 7) is 5.74. The number of aromatic amines is 1. The number of ketones is 1. The van der Waals surface area contributed by atoms with E-state index in [1.165, 1.54) is 0 Å². The molecule has 3 aromatic heterocycles. The summed E-state index contributed by atoms with van der Waals surface area (Å²) in [5.74, 6) is 0.0576. The van der Waals surface area contributed by atoms with Crippen LogP contribution in [0.1, 0.15) is 31.1 Å².